The first kappa shape index (κ1) is 20.8. The molecule has 1 aromatic heterocycles. The molecule has 0 spiro atoms. The van der Waals surface area contributed by atoms with Crippen LogP contribution in [-0.2, 0) is 4.79 Å². The van der Waals surface area contributed by atoms with Crippen molar-refractivity contribution in [3.8, 4) is 5.69 Å². The Kier molecular flexibility index (Phi) is 6.86. The largest absolute Gasteiger partial charge is 0.388 e. The summed E-state index contributed by atoms with van der Waals surface area (Å²) in [4.78, 5) is 12.0. The molecule has 1 atom stereocenters. The third-order valence-corrected chi connectivity index (χ3v) is 5.03. The number of hydrazone groups is 1. The van der Waals surface area contributed by atoms with E-state index in [1.807, 2.05) is 74.5 Å². The predicted octanol–water partition coefficient (Wildman–Crippen LogP) is 4.71. The summed E-state index contributed by atoms with van der Waals surface area (Å²) in [6.07, 6.45) is 1.51. The average Bonchev–Trinajstić information content (AvgIpc) is 3.01. The summed E-state index contributed by atoms with van der Waals surface area (Å²) < 4.78 is 2.11. The maximum Gasteiger partial charge on any atom is 0.240 e. The van der Waals surface area contributed by atoms with Gasteiger partial charge in [0.05, 0.1) is 12.3 Å². The quantitative estimate of drug-likeness (QED) is 0.438. The van der Waals surface area contributed by atoms with Gasteiger partial charge in [0, 0.05) is 34.1 Å². The summed E-state index contributed by atoms with van der Waals surface area (Å²) in [6, 6.07) is 19.0. The summed E-state index contributed by atoms with van der Waals surface area (Å²) in [5, 5.41) is 14.9. The first-order valence-corrected chi connectivity index (χ1v) is 9.83. The number of carbonyl (C=O) groups excluding carboxylic acids is 1. The number of carbonyl (C=O) groups is 1. The van der Waals surface area contributed by atoms with Gasteiger partial charge in [-0.2, -0.15) is 5.10 Å². The number of hydrogen-bond acceptors (Lipinski definition) is 3. The van der Waals surface area contributed by atoms with Crippen LogP contribution in [0.4, 0.5) is 0 Å². The number of halogens is 1. The molecular formula is C23H24ClN3O2. The first-order valence-electron chi connectivity index (χ1n) is 9.45. The Bertz CT molecular complexity index is 995. The van der Waals surface area contributed by atoms with Crippen LogP contribution in [0.5, 0.6) is 0 Å². The predicted molar refractivity (Wildman–Crippen MR) is 117 cm³/mol. The summed E-state index contributed by atoms with van der Waals surface area (Å²) in [5.74, 6) is -0.234. The molecule has 0 saturated heterocycles. The maximum absolute atomic E-state index is 12.0. The molecule has 1 amide bonds. The highest BCUT2D eigenvalue weighted by Gasteiger charge is 2.11. The van der Waals surface area contributed by atoms with Gasteiger partial charge < -0.3 is 9.67 Å². The van der Waals surface area contributed by atoms with Gasteiger partial charge in [0.15, 0.2) is 0 Å². The van der Waals surface area contributed by atoms with Crippen LogP contribution in [0.3, 0.4) is 0 Å². The van der Waals surface area contributed by atoms with E-state index in [2.05, 4.69) is 15.1 Å². The fourth-order valence-corrected chi connectivity index (χ4v) is 3.37. The van der Waals surface area contributed by atoms with E-state index in [4.69, 9.17) is 11.6 Å². The second-order valence-corrected chi connectivity index (χ2v) is 7.33. The molecule has 2 aromatic carbocycles. The Morgan fingerprint density at radius 2 is 1.86 bits per heavy atom. The van der Waals surface area contributed by atoms with E-state index >= 15 is 0 Å². The molecule has 150 valence electrons. The van der Waals surface area contributed by atoms with Crippen molar-refractivity contribution < 1.29 is 9.90 Å². The van der Waals surface area contributed by atoms with Gasteiger partial charge >= 0.3 is 0 Å². The zero-order chi connectivity index (χ0) is 20.8. The third kappa shape index (κ3) is 5.34. The van der Waals surface area contributed by atoms with Crippen molar-refractivity contribution in [2.24, 2.45) is 5.10 Å². The van der Waals surface area contributed by atoms with Gasteiger partial charge in [-0.3, -0.25) is 4.79 Å². The minimum Gasteiger partial charge on any atom is -0.388 e. The van der Waals surface area contributed by atoms with E-state index in [1.54, 1.807) is 6.21 Å². The van der Waals surface area contributed by atoms with Gasteiger partial charge in [0.2, 0.25) is 5.91 Å². The van der Waals surface area contributed by atoms with Crippen molar-refractivity contribution in [2.75, 3.05) is 0 Å². The van der Waals surface area contributed by atoms with E-state index in [0.717, 1.165) is 28.2 Å². The van der Waals surface area contributed by atoms with Gasteiger partial charge in [-0.15, -0.1) is 0 Å². The normalized spacial score (nSPS) is 12.3. The summed E-state index contributed by atoms with van der Waals surface area (Å²) in [6.45, 7) is 4.02. The van der Waals surface area contributed by atoms with E-state index in [9.17, 15) is 9.90 Å². The number of hydrogen-bond donors (Lipinski definition) is 2. The second-order valence-electron chi connectivity index (χ2n) is 6.90. The number of amides is 1. The van der Waals surface area contributed by atoms with Crippen LogP contribution in [0.2, 0.25) is 5.02 Å². The van der Waals surface area contributed by atoms with Crippen LogP contribution in [0.1, 0.15) is 41.5 Å². The average molecular weight is 410 g/mol. The number of nitrogens with one attached hydrogen (secondary N) is 1. The summed E-state index contributed by atoms with van der Waals surface area (Å²) >= 11 is 5.98. The third-order valence-electron chi connectivity index (χ3n) is 4.78. The van der Waals surface area contributed by atoms with E-state index in [1.165, 1.54) is 0 Å². The molecule has 0 unspecified atom stereocenters. The van der Waals surface area contributed by atoms with Gasteiger partial charge in [-0.25, -0.2) is 5.43 Å². The number of benzene rings is 2. The van der Waals surface area contributed by atoms with Crippen LogP contribution >= 0.6 is 11.6 Å². The van der Waals surface area contributed by atoms with Crippen molar-refractivity contribution in [1.82, 2.24) is 9.99 Å². The van der Waals surface area contributed by atoms with E-state index < -0.39 is 6.10 Å². The van der Waals surface area contributed by atoms with Crippen molar-refractivity contribution in [3.63, 3.8) is 0 Å². The van der Waals surface area contributed by atoms with Crippen LogP contribution in [0.15, 0.2) is 65.8 Å². The number of rotatable bonds is 7. The monoisotopic (exact) mass is 409 g/mol. The first-order chi connectivity index (χ1) is 14.0. The highest BCUT2D eigenvalue weighted by Crippen LogP contribution is 2.21. The van der Waals surface area contributed by atoms with Crippen molar-refractivity contribution >= 4 is 23.7 Å². The van der Waals surface area contributed by atoms with E-state index in [0.29, 0.717) is 11.4 Å². The molecule has 0 aliphatic carbocycles. The molecule has 3 aromatic rings. The molecular weight excluding hydrogens is 386 g/mol. The number of aromatic nitrogens is 1. The molecule has 1 heterocycles. The lowest BCUT2D eigenvalue weighted by Gasteiger charge is -2.10. The maximum atomic E-state index is 12.0. The van der Waals surface area contributed by atoms with Crippen LogP contribution in [0, 0.1) is 13.8 Å². The lowest BCUT2D eigenvalue weighted by Crippen LogP contribution is -2.18. The topological polar surface area (TPSA) is 66.6 Å². The Labute approximate surface area is 175 Å². The fraction of sp³-hybridized carbons (Fsp3) is 0.217. The molecule has 0 aliphatic rings. The zero-order valence-electron chi connectivity index (χ0n) is 16.5. The van der Waals surface area contributed by atoms with E-state index in [-0.39, 0.29) is 12.3 Å². The molecule has 0 aliphatic heterocycles. The summed E-state index contributed by atoms with van der Waals surface area (Å²) in [5.41, 5.74) is 7.35. The number of aryl methyl sites for hydroxylation is 1. The van der Waals surface area contributed by atoms with Gasteiger partial charge in [-0.05, 0) is 56.2 Å². The summed E-state index contributed by atoms with van der Waals surface area (Å²) in [7, 11) is 0. The fourth-order valence-electron chi connectivity index (χ4n) is 3.25. The molecule has 0 saturated carbocycles. The highest BCUT2D eigenvalue weighted by molar-refractivity contribution is 6.30. The van der Waals surface area contributed by atoms with Crippen molar-refractivity contribution in [2.45, 2.75) is 32.8 Å². The van der Waals surface area contributed by atoms with Crippen LogP contribution < -0.4 is 5.43 Å². The molecule has 0 fully saturated rings. The molecule has 0 radical (unpaired) electrons. The number of aliphatic hydroxyl groups is 1. The number of nitrogens with zero attached hydrogens (tertiary/aromatic N) is 2. The van der Waals surface area contributed by atoms with Gasteiger partial charge in [0.1, 0.15) is 0 Å². The standard InChI is InChI=1S/C23H24ClN3O2/c1-16-14-19(17(2)27(16)21-10-8-20(24)9-11-21)15-25-26-23(29)13-12-22(28)18-6-4-3-5-7-18/h3-11,14-15,22,28H,12-13H2,1-2H3,(H,26,29)/b25-15-/t22-/m0/s1. The Hall–Kier alpha value is -2.89. The Balaban J connectivity index is 1.58. The van der Waals surface area contributed by atoms with Gasteiger partial charge in [-0.1, -0.05) is 41.9 Å². The Morgan fingerprint density at radius 1 is 1.17 bits per heavy atom. The van der Waals surface area contributed by atoms with Gasteiger partial charge in [0.25, 0.3) is 0 Å². The lowest BCUT2D eigenvalue weighted by atomic mass is 10.1. The molecule has 3 rings (SSSR count). The molecule has 6 heteroatoms. The molecule has 5 nitrogen and oxygen atoms in total. The smallest absolute Gasteiger partial charge is 0.240 e. The van der Waals surface area contributed by atoms with Crippen molar-refractivity contribution in [3.05, 3.63) is 88.2 Å². The van der Waals surface area contributed by atoms with Crippen LogP contribution in [0.25, 0.3) is 5.69 Å². The molecule has 2 N–H and O–H groups in total. The second kappa shape index (κ2) is 9.54. The Morgan fingerprint density at radius 3 is 2.55 bits per heavy atom. The minimum absolute atomic E-state index is 0.192. The van der Waals surface area contributed by atoms with Crippen LogP contribution in [-0.4, -0.2) is 21.8 Å². The lowest BCUT2D eigenvalue weighted by molar-refractivity contribution is -0.121. The highest BCUT2D eigenvalue weighted by atomic mass is 35.5. The zero-order valence-corrected chi connectivity index (χ0v) is 17.2. The number of aliphatic hydroxyl groups excluding tert-OH is 1. The SMILES string of the molecule is Cc1cc(/C=N\NC(=O)CC[C@H](O)c2ccccc2)c(C)n1-c1ccc(Cl)cc1. The minimum atomic E-state index is -0.663. The van der Waals surface area contributed by atoms with Crippen molar-refractivity contribution in [1.29, 1.82) is 0 Å². The molecule has 0 bridgehead atoms. The molecule has 29 heavy (non-hydrogen) atoms.